The van der Waals surface area contributed by atoms with Gasteiger partial charge in [-0.3, -0.25) is 4.79 Å². The van der Waals surface area contributed by atoms with Crippen molar-refractivity contribution in [3.05, 3.63) is 52.1 Å². The molecule has 2 unspecified atom stereocenters. The van der Waals surface area contributed by atoms with Crippen LogP contribution in [0.5, 0.6) is 0 Å². The van der Waals surface area contributed by atoms with E-state index in [1.54, 1.807) is 6.20 Å². The fraction of sp³-hybridized carbons (Fsp3) is 0.524. The van der Waals surface area contributed by atoms with Crippen LogP contribution in [0.25, 0.3) is 0 Å². The number of fused-ring (bicyclic) bond motifs is 2. The van der Waals surface area contributed by atoms with Gasteiger partial charge < -0.3 is 4.57 Å². The van der Waals surface area contributed by atoms with E-state index in [-0.39, 0.29) is 24.0 Å². The Labute approximate surface area is 162 Å². The molecule has 1 aliphatic carbocycles. The molecule has 3 nitrogen and oxygen atoms in total. The number of carbonyl (C=O) groups is 1. The van der Waals surface area contributed by atoms with E-state index < -0.39 is 17.6 Å². The zero-order valence-electron chi connectivity index (χ0n) is 15.4. The van der Waals surface area contributed by atoms with Crippen LogP contribution >= 0.6 is 11.6 Å². The predicted molar refractivity (Wildman–Crippen MR) is 100 cm³/mol. The molecule has 0 spiro atoms. The average Bonchev–Trinajstić information content (AvgIpc) is 3.34. The van der Waals surface area contributed by atoms with Crippen molar-refractivity contribution in [3.8, 4) is 0 Å². The quantitative estimate of drug-likeness (QED) is 0.715. The maximum absolute atomic E-state index is 14.9. The maximum Gasteiger partial charge on any atom is 0.162 e. The Hall–Kier alpha value is -1.75. The number of ketones is 1. The molecule has 0 N–H and O–H groups in total. The van der Waals surface area contributed by atoms with Gasteiger partial charge in [0.1, 0.15) is 5.82 Å². The molecule has 1 aliphatic heterocycles. The van der Waals surface area contributed by atoms with E-state index in [0.29, 0.717) is 24.0 Å². The van der Waals surface area contributed by atoms with Gasteiger partial charge in [0.25, 0.3) is 0 Å². The monoisotopic (exact) mass is 392 g/mol. The highest BCUT2D eigenvalue weighted by Crippen LogP contribution is 2.36. The normalized spacial score (nSPS) is 19.6. The molecule has 0 bridgehead atoms. The molecule has 2 atom stereocenters. The van der Waals surface area contributed by atoms with Crippen molar-refractivity contribution in [2.24, 2.45) is 11.8 Å². The molecule has 0 saturated carbocycles. The zero-order chi connectivity index (χ0) is 19.1. The molecule has 2 heterocycles. The summed E-state index contributed by atoms with van der Waals surface area (Å²) in [5.41, 5.74) is 2.62. The van der Waals surface area contributed by atoms with Crippen molar-refractivity contribution < 1.29 is 13.6 Å². The topological polar surface area (TPSA) is 34.9 Å². The summed E-state index contributed by atoms with van der Waals surface area (Å²) >= 11 is 5.88. The average molecular weight is 393 g/mol. The van der Waals surface area contributed by atoms with E-state index in [2.05, 4.69) is 9.55 Å². The van der Waals surface area contributed by atoms with Crippen LogP contribution in [0, 0.1) is 30.4 Å². The van der Waals surface area contributed by atoms with Crippen LogP contribution in [0.15, 0.2) is 12.4 Å². The third-order valence-electron chi connectivity index (χ3n) is 6.37. The molecule has 1 aromatic carbocycles. The smallest absolute Gasteiger partial charge is 0.162 e. The molecule has 1 aromatic heterocycles. The third kappa shape index (κ3) is 3.20. The van der Waals surface area contributed by atoms with Crippen LogP contribution in [0.1, 0.15) is 40.9 Å². The summed E-state index contributed by atoms with van der Waals surface area (Å²) in [6.07, 6.45) is 7.59. The van der Waals surface area contributed by atoms with Crippen LogP contribution in [0.2, 0.25) is 0 Å². The van der Waals surface area contributed by atoms with E-state index in [9.17, 15) is 13.6 Å². The van der Waals surface area contributed by atoms with Crippen LogP contribution < -0.4 is 0 Å². The molecule has 0 saturated heterocycles. The van der Waals surface area contributed by atoms with Gasteiger partial charge in [-0.15, -0.1) is 11.6 Å². The first-order chi connectivity index (χ1) is 13.0. The number of aromatic nitrogens is 2. The third-order valence-corrected chi connectivity index (χ3v) is 6.63. The van der Waals surface area contributed by atoms with Gasteiger partial charge in [0.05, 0.1) is 5.88 Å². The first-order valence-electron chi connectivity index (χ1n) is 9.58. The number of halogens is 3. The maximum atomic E-state index is 14.9. The van der Waals surface area contributed by atoms with E-state index in [1.807, 2.05) is 13.1 Å². The number of alkyl halides is 1. The molecule has 6 heteroatoms. The molecular formula is C21H23ClF2N2O. The van der Waals surface area contributed by atoms with Gasteiger partial charge >= 0.3 is 0 Å². The summed E-state index contributed by atoms with van der Waals surface area (Å²) in [6, 6.07) is 0. The first-order valence-corrected chi connectivity index (χ1v) is 10.1. The second-order valence-corrected chi connectivity index (χ2v) is 8.01. The van der Waals surface area contributed by atoms with Gasteiger partial charge in [-0.05, 0) is 67.2 Å². The van der Waals surface area contributed by atoms with Crippen LogP contribution in [-0.4, -0.2) is 21.2 Å². The molecule has 0 amide bonds. The summed E-state index contributed by atoms with van der Waals surface area (Å²) in [5.74, 6) is -1.14. The summed E-state index contributed by atoms with van der Waals surface area (Å²) < 4.78 is 31.5. The van der Waals surface area contributed by atoms with E-state index in [1.165, 1.54) is 0 Å². The summed E-state index contributed by atoms with van der Waals surface area (Å²) in [5, 5.41) is 0. The number of Topliss-reactive ketones (excluding diaryl/α,β-unsaturated/α-hetero) is 1. The van der Waals surface area contributed by atoms with Crippen molar-refractivity contribution in [1.82, 2.24) is 9.55 Å². The number of nitrogens with zero attached hydrogens (tertiary/aromatic N) is 2. The second-order valence-electron chi connectivity index (χ2n) is 7.74. The molecular weight excluding hydrogens is 370 g/mol. The SMILES string of the molecule is Cc1c(CC(C(=O)CCl)C2CCn3ccnc3C2)c(F)c(F)c2c1CCC2. The highest BCUT2D eigenvalue weighted by molar-refractivity contribution is 6.27. The Morgan fingerprint density at radius 3 is 2.89 bits per heavy atom. The van der Waals surface area contributed by atoms with E-state index >= 15 is 0 Å². The zero-order valence-corrected chi connectivity index (χ0v) is 16.2. The van der Waals surface area contributed by atoms with Crippen molar-refractivity contribution in [2.45, 2.75) is 52.0 Å². The second kappa shape index (κ2) is 7.34. The van der Waals surface area contributed by atoms with Crippen molar-refractivity contribution in [1.29, 1.82) is 0 Å². The minimum atomic E-state index is -0.780. The molecule has 0 fully saturated rings. The van der Waals surface area contributed by atoms with Gasteiger partial charge in [-0.2, -0.15) is 0 Å². The minimum absolute atomic E-state index is 0.0428. The van der Waals surface area contributed by atoms with Gasteiger partial charge in [0.2, 0.25) is 0 Å². The Bertz CT molecular complexity index is 893. The predicted octanol–water partition coefficient (Wildman–Crippen LogP) is 4.19. The number of hydrogen-bond acceptors (Lipinski definition) is 2. The lowest BCUT2D eigenvalue weighted by molar-refractivity contribution is -0.122. The van der Waals surface area contributed by atoms with Crippen molar-refractivity contribution in [3.63, 3.8) is 0 Å². The van der Waals surface area contributed by atoms with Crippen LogP contribution in [-0.2, 0) is 37.0 Å². The van der Waals surface area contributed by atoms with Crippen molar-refractivity contribution in [2.75, 3.05) is 5.88 Å². The highest BCUT2D eigenvalue weighted by Gasteiger charge is 2.34. The standard InChI is InChI=1S/C21H23ClF2N2O/c1-12-14-3-2-4-15(14)20(23)21(24)16(12)10-17(18(27)11-22)13-5-7-26-8-6-25-19(26)9-13/h6,8,13,17H,2-5,7,9-11H2,1H3. The largest absolute Gasteiger partial charge is 0.335 e. The Balaban J connectivity index is 1.68. The Kier molecular flexibility index (Phi) is 5.06. The lowest BCUT2D eigenvalue weighted by Gasteiger charge is -2.30. The number of aryl methyl sites for hydroxylation is 1. The molecule has 144 valence electrons. The molecule has 2 aromatic rings. The first kappa shape index (κ1) is 18.6. The van der Waals surface area contributed by atoms with Crippen LogP contribution in [0.4, 0.5) is 8.78 Å². The lowest BCUT2D eigenvalue weighted by Crippen LogP contribution is -2.33. The van der Waals surface area contributed by atoms with Gasteiger partial charge in [0.15, 0.2) is 17.4 Å². The van der Waals surface area contributed by atoms with E-state index in [0.717, 1.165) is 42.8 Å². The number of imidazole rings is 1. The van der Waals surface area contributed by atoms with Crippen molar-refractivity contribution >= 4 is 17.4 Å². The summed E-state index contributed by atoms with van der Waals surface area (Å²) in [6.45, 7) is 2.64. The summed E-state index contributed by atoms with van der Waals surface area (Å²) in [4.78, 5) is 17.0. The van der Waals surface area contributed by atoms with Gasteiger partial charge in [0, 0.05) is 31.3 Å². The van der Waals surface area contributed by atoms with Gasteiger partial charge in [-0.25, -0.2) is 13.8 Å². The number of rotatable bonds is 5. The fourth-order valence-electron chi connectivity index (χ4n) is 4.84. The lowest BCUT2D eigenvalue weighted by atomic mass is 9.77. The minimum Gasteiger partial charge on any atom is -0.335 e. The Morgan fingerprint density at radius 2 is 2.11 bits per heavy atom. The fourth-order valence-corrected chi connectivity index (χ4v) is 5.03. The van der Waals surface area contributed by atoms with Crippen LogP contribution in [0.3, 0.4) is 0 Å². The number of hydrogen-bond donors (Lipinski definition) is 0. The molecule has 4 rings (SSSR count). The highest BCUT2D eigenvalue weighted by atomic mass is 35.5. The molecule has 0 radical (unpaired) electrons. The number of benzene rings is 1. The Morgan fingerprint density at radius 1 is 1.33 bits per heavy atom. The molecule has 27 heavy (non-hydrogen) atoms. The summed E-state index contributed by atoms with van der Waals surface area (Å²) in [7, 11) is 0. The van der Waals surface area contributed by atoms with E-state index in [4.69, 9.17) is 11.6 Å². The number of carbonyl (C=O) groups excluding carboxylic acids is 1. The van der Waals surface area contributed by atoms with Gasteiger partial charge in [-0.1, -0.05) is 0 Å². The molecule has 2 aliphatic rings.